The van der Waals surface area contributed by atoms with Crippen molar-refractivity contribution in [3.8, 4) is 5.75 Å². The standard InChI is InChI=1S/C12H14N2O3.2C2H6/c1-17-8-2-3-11-9(5-8)7(6-14-11)4-10(13)12(15)16;2*1-2/h2-3,5-6,10,14H,4,13H2,1H3,(H,15,16);2*1-2H3. The van der Waals surface area contributed by atoms with E-state index in [4.69, 9.17) is 15.6 Å². The molecule has 21 heavy (non-hydrogen) atoms. The maximum absolute atomic E-state index is 10.7. The summed E-state index contributed by atoms with van der Waals surface area (Å²) in [6, 6.07) is 4.72. The molecule has 0 saturated heterocycles. The molecule has 0 spiro atoms. The molecule has 1 aromatic heterocycles. The molecule has 2 aromatic rings. The summed E-state index contributed by atoms with van der Waals surface area (Å²) in [5.74, 6) is -0.260. The summed E-state index contributed by atoms with van der Waals surface area (Å²) >= 11 is 0. The second-order valence-corrected chi connectivity index (χ2v) is 3.87. The maximum atomic E-state index is 10.7. The van der Waals surface area contributed by atoms with Crippen molar-refractivity contribution in [2.75, 3.05) is 7.11 Å². The topological polar surface area (TPSA) is 88.3 Å². The van der Waals surface area contributed by atoms with E-state index in [1.54, 1.807) is 13.3 Å². The van der Waals surface area contributed by atoms with Crippen molar-refractivity contribution in [2.45, 2.75) is 40.2 Å². The Morgan fingerprint density at radius 3 is 2.48 bits per heavy atom. The molecule has 4 N–H and O–H groups in total. The largest absolute Gasteiger partial charge is 0.497 e. The minimum Gasteiger partial charge on any atom is -0.497 e. The molecule has 0 saturated carbocycles. The number of aromatic amines is 1. The lowest BCUT2D eigenvalue weighted by Crippen LogP contribution is -2.32. The summed E-state index contributed by atoms with van der Waals surface area (Å²) in [6.07, 6.45) is 2.08. The number of H-pyrrole nitrogens is 1. The number of fused-ring (bicyclic) bond motifs is 1. The van der Waals surface area contributed by atoms with Gasteiger partial charge in [0.2, 0.25) is 0 Å². The highest BCUT2D eigenvalue weighted by molar-refractivity contribution is 5.85. The minimum atomic E-state index is -0.998. The maximum Gasteiger partial charge on any atom is 0.320 e. The van der Waals surface area contributed by atoms with Gasteiger partial charge in [-0.25, -0.2) is 0 Å². The molecule has 0 radical (unpaired) electrons. The van der Waals surface area contributed by atoms with Gasteiger partial charge >= 0.3 is 5.97 Å². The zero-order chi connectivity index (χ0) is 16.4. The number of aliphatic carboxylic acids is 1. The number of hydrogen-bond acceptors (Lipinski definition) is 3. The number of carboxylic acids is 1. The summed E-state index contributed by atoms with van der Waals surface area (Å²) in [5, 5.41) is 9.74. The molecule has 1 unspecified atom stereocenters. The Hall–Kier alpha value is -2.01. The molecule has 0 aliphatic heterocycles. The molecule has 2 rings (SSSR count). The Morgan fingerprint density at radius 2 is 1.95 bits per heavy atom. The van der Waals surface area contributed by atoms with Crippen LogP contribution < -0.4 is 10.5 Å². The second kappa shape index (κ2) is 9.83. The van der Waals surface area contributed by atoms with Crippen LogP contribution in [0.25, 0.3) is 10.9 Å². The minimum absolute atomic E-state index is 0.294. The summed E-state index contributed by atoms with van der Waals surface area (Å²) < 4.78 is 5.14. The third-order valence-electron chi connectivity index (χ3n) is 2.73. The molecule has 0 bridgehead atoms. The fraction of sp³-hybridized carbons (Fsp3) is 0.438. The highest BCUT2D eigenvalue weighted by Crippen LogP contribution is 2.24. The lowest BCUT2D eigenvalue weighted by Gasteiger charge is -2.05. The highest BCUT2D eigenvalue weighted by Gasteiger charge is 2.15. The van der Waals surface area contributed by atoms with E-state index in [0.717, 1.165) is 22.2 Å². The van der Waals surface area contributed by atoms with Gasteiger partial charge in [0.05, 0.1) is 7.11 Å². The summed E-state index contributed by atoms with van der Waals surface area (Å²) in [4.78, 5) is 13.8. The van der Waals surface area contributed by atoms with Crippen LogP contribution in [0.4, 0.5) is 0 Å². The monoisotopic (exact) mass is 294 g/mol. The fourth-order valence-electron chi connectivity index (χ4n) is 1.78. The van der Waals surface area contributed by atoms with Gasteiger partial charge < -0.3 is 20.6 Å². The van der Waals surface area contributed by atoms with Crippen molar-refractivity contribution in [1.82, 2.24) is 4.98 Å². The van der Waals surface area contributed by atoms with Crippen molar-refractivity contribution in [3.63, 3.8) is 0 Å². The van der Waals surface area contributed by atoms with Gasteiger partial charge in [-0.1, -0.05) is 27.7 Å². The predicted molar refractivity (Wildman–Crippen MR) is 86.9 cm³/mol. The Labute approximate surface area is 126 Å². The van der Waals surface area contributed by atoms with E-state index in [-0.39, 0.29) is 0 Å². The molecule has 0 aliphatic carbocycles. The van der Waals surface area contributed by atoms with Crippen LogP contribution in [-0.4, -0.2) is 29.2 Å². The average Bonchev–Trinajstić information content (AvgIpc) is 2.93. The normalized spacial score (nSPS) is 10.8. The first-order chi connectivity index (χ1) is 10.1. The third kappa shape index (κ3) is 5.11. The van der Waals surface area contributed by atoms with Gasteiger partial charge in [0.1, 0.15) is 11.8 Å². The van der Waals surface area contributed by atoms with Gasteiger partial charge in [-0.05, 0) is 23.8 Å². The molecule has 1 atom stereocenters. The van der Waals surface area contributed by atoms with Gasteiger partial charge in [-0.15, -0.1) is 0 Å². The van der Waals surface area contributed by atoms with E-state index in [2.05, 4.69) is 4.98 Å². The lowest BCUT2D eigenvalue weighted by molar-refractivity contribution is -0.138. The molecule has 1 heterocycles. The van der Waals surface area contributed by atoms with E-state index in [9.17, 15) is 4.79 Å². The molecule has 0 aliphatic rings. The van der Waals surface area contributed by atoms with Crippen LogP contribution in [-0.2, 0) is 11.2 Å². The van der Waals surface area contributed by atoms with Crippen molar-refractivity contribution < 1.29 is 14.6 Å². The summed E-state index contributed by atoms with van der Waals surface area (Å²) in [5.41, 5.74) is 7.35. The molecular weight excluding hydrogens is 268 g/mol. The van der Waals surface area contributed by atoms with E-state index in [1.807, 2.05) is 45.9 Å². The van der Waals surface area contributed by atoms with Crippen LogP contribution in [0.15, 0.2) is 24.4 Å². The number of carboxylic acid groups (broad SMARTS) is 1. The second-order valence-electron chi connectivity index (χ2n) is 3.87. The summed E-state index contributed by atoms with van der Waals surface area (Å²) in [6.45, 7) is 8.00. The molecular formula is C16H26N2O3. The van der Waals surface area contributed by atoms with E-state index in [1.165, 1.54) is 0 Å². The van der Waals surface area contributed by atoms with Crippen LogP contribution in [0.3, 0.4) is 0 Å². The first-order valence-electron chi connectivity index (χ1n) is 7.24. The zero-order valence-electron chi connectivity index (χ0n) is 13.4. The number of ether oxygens (including phenoxy) is 1. The molecule has 5 heteroatoms. The van der Waals surface area contributed by atoms with Crippen molar-refractivity contribution >= 4 is 16.9 Å². The number of hydrogen-bond donors (Lipinski definition) is 3. The van der Waals surface area contributed by atoms with Crippen molar-refractivity contribution in [2.24, 2.45) is 5.73 Å². The lowest BCUT2D eigenvalue weighted by atomic mass is 10.1. The van der Waals surface area contributed by atoms with Gasteiger partial charge in [0.25, 0.3) is 0 Å². The predicted octanol–water partition coefficient (Wildman–Crippen LogP) is 3.18. The van der Waals surface area contributed by atoms with Crippen LogP contribution in [0.2, 0.25) is 0 Å². The number of benzene rings is 1. The smallest absolute Gasteiger partial charge is 0.320 e. The molecule has 1 aromatic carbocycles. The zero-order valence-corrected chi connectivity index (χ0v) is 13.4. The van der Waals surface area contributed by atoms with Crippen LogP contribution in [0.5, 0.6) is 5.75 Å². The van der Waals surface area contributed by atoms with Crippen LogP contribution in [0, 0.1) is 0 Å². The van der Waals surface area contributed by atoms with E-state index in [0.29, 0.717) is 6.42 Å². The average molecular weight is 294 g/mol. The van der Waals surface area contributed by atoms with Crippen LogP contribution in [0.1, 0.15) is 33.3 Å². The Morgan fingerprint density at radius 1 is 1.33 bits per heavy atom. The quantitative estimate of drug-likeness (QED) is 0.808. The molecule has 118 valence electrons. The van der Waals surface area contributed by atoms with E-state index >= 15 is 0 Å². The Balaban J connectivity index is 0.000000921. The van der Waals surface area contributed by atoms with Gasteiger partial charge in [0.15, 0.2) is 0 Å². The molecule has 0 amide bonds. The number of nitrogens with two attached hydrogens (primary N) is 1. The van der Waals surface area contributed by atoms with Gasteiger partial charge in [-0.3, -0.25) is 4.79 Å². The van der Waals surface area contributed by atoms with Gasteiger partial charge in [0, 0.05) is 23.5 Å². The Kier molecular flexibility index (Phi) is 8.88. The number of nitrogens with one attached hydrogen (secondary N) is 1. The SMILES string of the molecule is CC.CC.COc1ccc2[nH]cc(CC(N)C(=O)O)c2c1. The number of rotatable bonds is 4. The first kappa shape index (κ1) is 19.0. The van der Waals surface area contributed by atoms with Crippen LogP contribution >= 0.6 is 0 Å². The molecule has 5 nitrogen and oxygen atoms in total. The van der Waals surface area contributed by atoms with E-state index < -0.39 is 12.0 Å². The fourth-order valence-corrected chi connectivity index (χ4v) is 1.78. The Bertz CT molecular complexity index is 549. The molecule has 0 fully saturated rings. The van der Waals surface area contributed by atoms with Gasteiger partial charge in [-0.2, -0.15) is 0 Å². The summed E-state index contributed by atoms with van der Waals surface area (Å²) in [7, 11) is 1.59. The number of aromatic nitrogens is 1. The van der Waals surface area contributed by atoms with Crippen molar-refractivity contribution in [3.05, 3.63) is 30.0 Å². The number of methoxy groups -OCH3 is 1. The number of carbonyl (C=O) groups is 1. The third-order valence-corrected chi connectivity index (χ3v) is 2.73. The first-order valence-corrected chi connectivity index (χ1v) is 7.24. The highest BCUT2D eigenvalue weighted by atomic mass is 16.5. The van der Waals surface area contributed by atoms with Crippen molar-refractivity contribution in [1.29, 1.82) is 0 Å².